The fourth-order valence-electron chi connectivity index (χ4n) is 2.16. The molecule has 0 unspecified atom stereocenters. The van der Waals surface area contributed by atoms with Crippen LogP contribution in [0.5, 0.6) is 0 Å². The first-order chi connectivity index (χ1) is 10.0. The molecular weight excluding hydrogens is 385 g/mol. The van der Waals surface area contributed by atoms with Gasteiger partial charge in [-0.2, -0.15) is 0 Å². The van der Waals surface area contributed by atoms with Crippen LogP contribution in [0.15, 0.2) is 36.5 Å². The highest BCUT2D eigenvalue weighted by molar-refractivity contribution is 14.1. The second-order valence-electron chi connectivity index (χ2n) is 4.94. The van der Waals surface area contributed by atoms with Gasteiger partial charge in [0.1, 0.15) is 5.69 Å². The van der Waals surface area contributed by atoms with Gasteiger partial charge in [0, 0.05) is 21.4 Å². The Morgan fingerprint density at radius 2 is 2.14 bits per heavy atom. The Balaban J connectivity index is 1.88. The second-order valence-corrected chi connectivity index (χ2v) is 6.19. The zero-order chi connectivity index (χ0) is 15.0. The Bertz CT molecular complexity index is 722. The molecule has 6 nitrogen and oxygen atoms in total. The lowest BCUT2D eigenvalue weighted by Crippen LogP contribution is -2.16. The Hall–Kier alpha value is -1.90. The van der Waals surface area contributed by atoms with Crippen LogP contribution in [0.2, 0.25) is 0 Å². The lowest BCUT2D eigenvalue weighted by Gasteiger charge is -2.08. The van der Waals surface area contributed by atoms with Gasteiger partial charge in [0.05, 0.1) is 11.1 Å². The normalized spacial score (nSPS) is 14.0. The van der Waals surface area contributed by atoms with Crippen molar-refractivity contribution in [2.24, 2.45) is 0 Å². The van der Waals surface area contributed by atoms with Crippen molar-refractivity contribution in [1.29, 1.82) is 0 Å². The van der Waals surface area contributed by atoms with Gasteiger partial charge in [0.25, 0.3) is 11.6 Å². The van der Waals surface area contributed by atoms with Crippen LogP contribution in [0.25, 0.3) is 0 Å². The van der Waals surface area contributed by atoms with E-state index in [0.717, 1.165) is 16.4 Å². The van der Waals surface area contributed by atoms with Gasteiger partial charge in [-0.15, -0.1) is 0 Å². The topological polar surface area (TPSA) is 77.2 Å². The largest absolute Gasteiger partial charge is 0.334 e. The van der Waals surface area contributed by atoms with E-state index in [1.165, 1.54) is 12.3 Å². The Labute approximate surface area is 134 Å². The minimum atomic E-state index is -0.471. The maximum atomic E-state index is 12.4. The van der Waals surface area contributed by atoms with Gasteiger partial charge >= 0.3 is 0 Å². The molecule has 0 saturated heterocycles. The van der Waals surface area contributed by atoms with Gasteiger partial charge in [-0.3, -0.25) is 14.9 Å². The number of hydrogen-bond acceptors (Lipinski definition) is 3. The molecule has 1 aliphatic carbocycles. The number of benzene rings is 1. The van der Waals surface area contributed by atoms with E-state index in [4.69, 9.17) is 0 Å². The Morgan fingerprint density at radius 3 is 2.76 bits per heavy atom. The number of nitrogens with one attached hydrogen (secondary N) is 1. The third kappa shape index (κ3) is 3.07. The van der Waals surface area contributed by atoms with Crippen molar-refractivity contribution in [3.8, 4) is 0 Å². The van der Waals surface area contributed by atoms with Crippen LogP contribution in [0.4, 0.5) is 11.4 Å². The zero-order valence-electron chi connectivity index (χ0n) is 11.0. The van der Waals surface area contributed by atoms with Crippen LogP contribution in [0.3, 0.4) is 0 Å². The monoisotopic (exact) mass is 397 g/mol. The molecule has 1 fully saturated rings. The summed E-state index contributed by atoms with van der Waals surface area (Å²) in [5.41, 5.74) is 0.968. The van der Waals surface area contributed by atoms with E-state index in [1.54, 1.807) is 10.6 Å². The number of rotatable bonds is 4. The Kier molecular flexibility index (Phi) is 3.66. The summed E-state index contributed by atoms with van der Waals surface area (Å²) in [5.74, 6) is -0.322. The fraction of sp³-hybridized carbons (Fsp3) is 0.214. The lowest BCUT2D eigenvalue weighted by atomic mass is 10.3. The highest BCUT2D eigenvalue weighted by Gasteiger charge is 2.30. The van der Waals surface area contributed by atoms with E-state index in [2.05, 4.69) is 27.9 Å². The summed E-state index contributed by atoms with van der Waals surface area (Å²) < 4.78 is 2.72. The van der Waals surface area contributed by atoms with Gasteiger partial charge in [-0.1, -0.05) is 6.07 Å². The highest BCUT2D eigenvalue weighted by atomic mass is 127. The minimum Gasteiger partial charge on any atom is -0.334 e. The van der Waals surface area contributed by atoms with Crippen LogP contribution in [-0.4, -0.2) is 15.4 Å². The quantitative estimate of drug-likeness (QED) is 0.487. The molecule has 108 valence electrons. The summed E-state index contributed by atoms with van der Waals surface area (Å²) in [4.78, 5) is 22.8. The van der Waals surface area contributed by atoms with Crippen LogP contribution < -0.4 is 5.32 Å². The van der Waals surface area contributed by atoms with Crippen molar-refractivity contribution in [3.63, 3.8) is 0 Å². The fourth-order valence-corrected chi connectivity index (χ4v) is 2.71. The van der Waals surface area contributed by atoms with Crippen LogP contribution in [-0.2, 0) is 0 Å². The molecule has 2 aromatic rings. The predicted molar refractivity (Wildman–Crippen MR) is 86.5 cm³/mol. The molecular formula is C14H12IN3O3. The number of halogens is 1. The third-order valence-electron chi connectivity index (χ3n) is 3.30. The molecule has 1 heterocycles. The third-order valence-corrected chi connectivity index (χ3v) is 3.97. The van der Waals surface area contributed by atoms with Crippen molar-refractivity contribution >= 4 is 39.9 Å². The highest BCUT2D eigenvalue weighted by Crippen LogP contribution is 2.38. The molecule has 7 heteroatoms. The first-order valence-electron chi connectivity index (χ1n) is 6.48. The maximum absolute atomic E-state index is 12.4. The number of carbonyl (C=O) groups is 1. The number of hydrogen-bond donors (Lipinski definition) is 1. The molecule has 21 heavy (non-hydrogen) atoms. The summed E-state index contributed by atoms with van der Waals surface area (Å²) in [6.45, 7) is 0. The van der Waals surface area contributed by atoms with E-state index in [1.807, 2.05) is 18.2 Å². The van der Waals surface area contributed by atoms with E-state index >= 15 is 0 Å². The van der Waals surface area contributed by atoms with Crippen molar-refractivity contribution in [1.82, 2.24) is 4.57 Å². The van der Waals surface area contributed by atoms with Gasteiger partial charge in [-0.25, -0.2) is 0 Å². The van der Waals surface area contributed by atoms with Crippen LogP contribution in [0.1, 0.15) is 29.4 Å². The van der Waals surface area contributed by atoms with Crippen LogP contribution in [0, 0.1) is 13.7 Å². The number of nitro groups is 1. The molecule has 1 saturated carbocycles. The Morgan fingerprint density at radius 1 is 1.38 bits per heavy atom. The van der Waals surface area contributed by atoms with Crippen molar-refractivity contribution < 1.29 is 9.72 Å². The van der Waals surface area contributed by atoms with Crippen molar-refractivity contribution in [2.75, 3.05) is 5.32 Å². The average Bonchev–Trinajstić information content (AvgIpc) is 3.17. The molecule has 0 bridgehead atoms. The van der Waals surface area contributed by atoms with Gasteiger partial charge in [0.2, 0.25) is 0 Å². The van der Waals surface area contributed by atoms with Gasteiger partial charge < -0.3 is 9.88 Å². The first-order valence-corrected chi connectivity index (χ1v) is 7.55. The predicted octanol–water partition coefficient (Wildman–Crippen LogP) is 3.59. The molecule has 0 atom stereocenters. The van der Waals surface area contributed by atoms with Gasteiger partial charge in [0.15, 0.2) is 0 Å². The van der Waals surface area contributed by atoms with E-state index in [9.17, 15) is 14.9 Å². The molecule has 3 rings (SSSR count). The molecule has 0 spiro atoms. The van der Waals surface area contributed by atoms with Crippen molar-refractivity contribution in [3.05, 3.63) is 55.9 Å². The summed E-state index contributed by atoms with van der Waals surface area (Å²) in [7, 11) is 0. The first kappa shape index (κ1) is 14.1. The van der Waals surface area contributed by atoms with E-state index in [0.29, 0.717) is 11.4 Å². The summed E-state index contributed by atoms with van der Waals surface area (Å²) >= 11 is 2.16. The summed E-state index contributed by atoms with van der Waals surface area (Å²) in [6.07, 6.45) is 3.35. The minimum absolute atomic E-state index is 0.0466. The smallest absolute Gasteiger partial charge is 0.287 e. The summed E-state index contributed by atoms with van der Waals surface area (Å²) in [5, 5.41) is 13.7. The standard InChI is InChI=1S/C14H12IN3O3/c15-9-2-1-3-10(6-9)16-14(19)13-7-12(18(20)21)8-17(13)11-4-5-11/h1-3,6-8,11H,4-5H2,(H,16,19). The molecule has 1 amide bonds. The van der Waals surface area contributed by atoms with E-state index in [-0.39, 0.29) is 17.6 Å². The maximum Gasteiger partial charge on any atom is 0.287 e. The number of nitrogens with zero attached hydrogens (tertiary/aromatic N) is 2. The lowest BCUT2D eigenvalue weighted by molar-refractivity contribution is -0.384. The molecule has 1 aromatic carbocycles. The summed E-state index contributed by atoms with van der Waals surface area (Å²) in [6, 6.07) is 8.95. The average molecular weight is 397 g/mol. The molecule has 0 radical (unpaired) electrons. The molecule has 1 N–H and O–H groups in total. The number of aromatic nitrogens is 1. The van der Waals surface area contributed by atoms with Crippen LogP contribution >= 0.6 is 22.6 Å². The number of anilines is 1. The zero-order valence-corrected chi connectivity index (χ0v) is 13.1. The molecule has 0 aliphatic heterocycles. The van der Waals surface area contributed by atoms with Crippen molar-refractivity contribution in [2.45, 2.75) is 18.9 Å². The van der Waals surface area contributed by atoms with E-state index < -0.39 is 4.92 Å². The number of carbonyl (C=O) groups excluding carboxylic acids is 1. The molecule has 1 aromatic heterocycles. The number of amides is 1. The van der Waals surface area contributed by atoms with Gasteiger partial charge in [-0.05, 0) is 53.6 Å². The molecule has 1 aliphatic rings. The second kappa shape index (κ2) is 5.47. The SMILES string of the molecule is O=C(Nc1cccc(I)c1)c1cc([N+](=O)[O-])cn1C1CC1.